The summed E-state index contributed by atoms with van der Waals surface area (Å²) >= 11 is 19.0. The summed E-state index contributed by atoms with van der Waals surface area (Å²) in [7, 11) is -2.74. The Hall–Kier alpha value is -2.78. The third-order valence-corrected chi connectivity index (χ3v) is 9.04. The van der Waals surface area contributed by atoms with Crippen molar-refractivity contribution in [3.8, 4) is 0 Å². The van der Waals surface area contributed by atoms with E-state index in [9.17, 15) is 18.0 Å². The Balaban J connectivity index is 2.09. The van der Waals surface area contributed by atoms with Crippen molar-refractivity contribution in [2.75, 3.05) is 17.9 Å². The van der Waals surface area contributed by atoms with Gasteiger partial charge in [0.15, 0.2) is 0 Å². The second-order valence-electron chi connectivity index (χ2n) is 8.77. The quantitative estimate of drug-likeness (QED) is 0.347. The number of carbonyl (C=O) groups excluding carboxylic acids is 2. The van der Waals surface area contributed by atoms with Crippen LogP contribution in [0.15, 0.2) is 65.6 Å². The maximum absolute atomic E-state index is 13.8. The summed E-state index contributed by atoms with van der Waals surface area (Å²) < 4.78 is 28.6. The summed E-state index contributed by atoms with van der Waals surface area (Å²) in [6.45, 7) is 4.46. The van der Waals surface area contributed by atoms with E-state index in [1.165, 1.54) is 30.1 Å². The zero-order valence-electron chi connectivity index (χ0n) is 21.3. The fraction of sp³-hybridized carbons (Fsp3) is 0.259. The molecule has 0 bridgehead atoms. The molecule has 0 saturated heterocycles. The highest BCUT2D eigenvalue weighted by atomic mass is 35.5. The number of rotatable bonds is 9. The number of benzene rings is 3. The standard InChI is InChI=1S/C27H28Cl3N3O4S/c1-17-8-12-21(13-9-17)38(36,37)33(20-11-10-18(2)25(30)14-20)16-26(34)32(19(3)27(35)31-4)15-22-23(28)6-5-7-24(22)29/h5-14,19H,15-16H2,1-4H3,(H,31,35)/t19-/m0/s1. The molecule has 1 atom stereocenters. The highest BCUT2D eigenvalue weighted by molar-refractivity contribution is 7.92. The fourth-order valence-corrected chi connectivity index (χ4v) is 5.85. The van der Waals surface area contributed by atoms with E-state index in [1.54, 1.807) is 56.3 Å². The first kappa shape index (κ1) is 29.8. The van der Waals surface area contributed by atoms with Gasteiger partial charge in [0, 0.05) is 34.2 Å². The van der Waals surface area contributed by atoms with E-state index in [-0.39, 0.29) is 17.1 Å². The number of hydrogen-bond acceptors (Lipinski definition) is 4. The first-order valence-electron chi connectivity index (χ1n) is 11.7. The molecule has 0 spiro atoms. The van der Waals surface area contributed by atoms with Gasteiger partial charge in [-0.1, -0.05) is 64.6 Å². The van der Waals surface area contributed by atoms with E-state index < -0.39 is 34.4 Å². The van der Waals surface area contributed by atoms with Crippen LogP contribution in [-0.4, -0.2) is 44.8 Å². The van der Waals surface area contributed by atoms with Crippen LogP contribution >= 0.6 is 34.8 Å². The number of sulfonamides is 1. The first-order chi connectivity index (χ1) is 17.9. The van der Waals surface area contributed by atoms with Crippen molar-refractivity contribution in [3.05, 3.63) is 92.4 Å². The molecule has 0 aliphatic heterocycles. The fourth-order valence-electron chi connectivity index (χ4n) is 3.75. The van der Waals surface area contributed by atoms with Gasteiger partial charge in [0.25, 0.3) is 10.0 Å². The van der Waals surface area contributed by atoms with Crippen molar-refractivity contribution in [1.82, 2.24) is 10.2 Å². The topological polar surface area (TPSA) is 86.8 Å². The average Bonchev–Trinajstić information content (AvgIpc) is 2.88. The number of anilines is 1. The molecule has 0 saturated carbocycles. The summed E-state index contributed by atoms with van der Waals surface area (Å²) in [4.78, 5) is 27.7. The lowest BCUT2D eigenvalue weighted by Gasteiger charge is -2.32. The largest absolute Gasteiger partial charge is 0.357 e. The zero-order valence-corrected chi connectivity index (χ0v) is 24.4. The average molecular weight is 597 g/mol. The maximum Gasteiger partial charge on any atom is 0.264 e. The van der Waals surface area contributed by atoms with Crippen LogP contribution in [0.1, 0.15) is 23.6 Å². The van der Waals surface area contributed by atoms with Crippen LogP contribution in [0.5, 0.6) is 0 Å². The molecule has 0 radical (unpaired) electrons. The van der Waals surface area contributed by atoms with Gasteiger partial charge in [0.05, 0.1) is 10.6 Å². The summed E-state index contributed by atoms with van der Waals surface area (Å²) in [5, 5.41) is 3.50. The van der Waals surface area contributed by atoms with Crippen molar-refractivity contribution in [3.63, 3.8) is 0 Å². The van der Waals surface area contributed by atoms with E-state index in [0.717, 1.165) is 15.4 Å². The van der Waals surface area contributed by atoms with Crippen molar-refractivity contribution in [2.45, 2.75) is 38.3 Å². The zero-order chi connectivity index (χ0) is 28.2. The third-order valence-electron chi connectivity index (χ3n) is 6.14. The van der Waals surface area contributed by atoms with Gasteiger partial charge in [0.2, 0.25) is 11.8 Å². The van der Waals surface area contributed by atoms with Gasteiger partial charge >= 0.3 is 0 Å². The molecule has 0 aliphatic carbocycles. The molecule has 11 heteroatoms. The molecule has 202 valence electrons. The second-order valence-corrected chi connectivity index (χ2v) is 11.9. The molecule has 0 heterocycles. The minimum atomic E-state index is -4.20. The molecule has 1 N–H and O–H groups in total. The van der Waals surface area contributed by atoms with Gasteiger partial charge in [-0.15, -0.1) is 0 Å². The van der Waals surface area contributed by atoms with Gasteiger partial charge in [-0.25, -0.2) is 8.42 Å². The van der Waals surface area contributed by atoms with Crippen LogP contribution in [0.2, 0.25) is 15.1 Å². The Morgan fingerprint density at radius 1 is 0.921 bits per heavy atom. The summed E-state index contributed by atoms with van der Waals surface area (Å²) in [5.41, 5.74) is 2.27. The highest BCUT2D eigenvalue weighted by Crippen LogP contribution is 2.30. The highest BCUT2D eigenvalue weighted by Gasteiger charge is 2.33. The molecule has 3 rings (SSSR count). The summed E-state index contributed by atoms with van der Waals surface area (Å²) in [6, 6.07) is 15.0. The van der Waals surface area contributed by atoms with Gasteiger partial charge in [-0.2, -0.15) is 0 Å². The van der Waals surface area contributed by atoms with Crippen LogP contribution < -0.4 is 9.62 Å². The number of carbonyl (C=O) groups is 2. The minimum absolute atomic E-state index is 0.00708. The van der Waals surface area contributed by atoms with Crippen molar-refractivity contribution >= 4 is 62.3 Å². The Labute approximate surface area is 238 Å². The van der Waals surface area contributed by atoms with Crippen molar-refractivity contribution in [1.29, 1.82) is 0 Å². The van der Waals surface area contributed by atoms with E-state index in [4.69, 9.17) is 34.8 Å². The third kappa shape index (κ3) is 6.61. The smallest absolute Gasteiger partial charge is 0.264 e. The van der Waals surface area contributed by atoms with Gasteiger partial charge in [-0.3, -0.25) is 13.9 Å². The van der Waals surface area contributed by atoms with Crippen molar-refractivity contribution in [2.24, 2.45) is 0 Å². The van der Waals surface area contributed by atoms with E-state index in [2.05, 4.69) is 5.32 Å². The monoisotopic (exact) mass is 595 g/mol. The summed E-state index contributed by atoms with van der Waals surface area (Å²) in [6.07, 6.45) is 0. The number of hydrogen-bond donors (Lipinski definition) is 1. The van der Waals surface area contributed by atoms with Crippen molar-refractivity contribution < 1.29 is 18.0 Å². The number of amides is 2. The summed E-state index contributed by atoms with van der Waals surface area (Å²) in [5.74, 6) is -1.07. The number of nitrogens with one attached hydrogen (secondary N) is 1. The predicted octanol–water partition coefficient (Wildman–Crippen LogP) is 5.62. The molecule has 0 fully saturated rings. The molecule has 0 aromatic heterocycles. The molecule has 38 heavy (non-hydrogen) atoms. The van der Waals surface area contributed by atoms with Crippen LogP contribution in [-0.2, 0) is 26.2 Å². The molecular formula is C27H28Cl3N3O4S. The lowest BCUT2D eigenvalue weighted by Crippen LogP contribution is -2.50. The normalized spacial score (nSPS) is 12.1. The minimum Gasteiger partial charge on any atom is -0.357 e. The Morgan fingerprint density at radius 3 is 2.08 bits per heavy atom. The number of halogens is 3. The molecular weight excluding hydrogens is 569 g/mol. The number of nitrogens with zero attached hydrogens (tertiary/aromatic N) is 2. The van der Waals surface area contributed by atoms with Crippen LogP contribution in [0.3, 0.4) is 0 Å². The molecule has 3 aromatic carbocycles. The molecule has 0 unspecified atom stereocenters. The molecule has 3 aromatic rings. The SMILES string of the molecule is CNC(=O)[C@H](C)N(Cc1c(Cl)cccc1Cl)C(=O)CN(c1ccc(C)c(Cl)c1)S(=O)(=O)c1ccc(C)cc1. The second kappa shape index (κ2) is 12.4. The molecule has 2 amide bonds. The first-order valence-corrected chi connectivity index (χ1v) is 14.2. The van der Waals surface area contributed by atoms with E-state index >= 15 is 0 Å². The molecule has 7 nitrogen and oxygen atoms in total. The van der Waals surface area contributed by atoms with Gasteiger partial charge in [0.1, 0.15) is 12.6 Å². The number of aryl methyl sites for hydroxylation is 2. The lowest BCUT2D eigenvalue weighted by molar-refractivity contribution is -0.139. The van der Waals surface area contributed by atoms with Crippen LogP contribution in [0.25, 0.3) is 0 Å². The van der Waals surface area contributed by atoms with Gasteiger partial charge < -0.3 is 10.2 Å². The molecule has 0 aliphatic rings. The van der Waals surface area contributed by atoms with E-state index in [0.29, 0.717) is 20.6 Å². The van der Waals surface area contributed by atoms with Crippen LogP contribution in [0, 0.1) is 13.8 Å². The Kier molecular flexibility index (Phi) is 9.70. The van der Waals surface area contributed by atoms with Gasteiger partial charge in [-0.05, 0) is 62.7 Å². The Morgan fingerprint density at radius 2 is 1.53 bits per heavy atom. The number of likely N-dealkylation sites (N-methyl/N-ethyl adjacent to an activating group) is 1. The predicted molar refractivity (Wildman–Crippen MR) is 152 cm³/mol. The van der Waals surface area contributed by atoms with Crippen LogP contribution in [0.4, 0.5) is 5.69 Å². The maximum atomic E-state index is 13.8. The van der Waals surface area contributed by atoms with E-state index in [1.807, 2.05) is 6.92 Å². The Bertz CT molecular complexity index is 1430. The lowest BCUT2D eigenvalue weighted by atomic mass is 10.1.